The van der Waals surface area contributed by atoms with E-state index in [2.05, 4.69) is 10.1 Å². The Morgan fingerprint density at radius 3 is 2.12 bits per heavy atom. The van der Waals surface area contributed by atoms with E-state index in [1.54, 1.807) is 24.3 Å². The molecule has 0 bridgehead atoms. The normalized spacial score (nSPS) is 13.7. The third-order valence-electron chi connectivity index (χ3n) is 3.54. The van der Waals surface area contributed by atoms with Crippen molar-refractivity contribution in [1.29, 1.82) is 0 Å². The minimum absolute atomic E-state index is 0.125. The number of rotatable bonds is 8. The summed E-state index contributed by atoms with van der Waals surface area (Å²) in [6.45, 7) is 3.01. The van der Waals surface area contributed by atoms with Gasteiger partial charge in [-0.25, -0.2) is 8.42 Å². The highest BCUT2D eigenvalue weighted by Crippen LogP contribution is 2.16. The molecule has 1 aromatic carbocycles. The summed E-state index contributed by atoms with van der Waals surface area (Å²) in [7, 11) is -3.53. The smallest absolute Gasteiger partial charge is 0.367 e. The topological polar surface area (TPSA) is 72.5 Å². The van der Waals surface area contributed by atoms with Crippen molar-refractivity contribution in [2.45, 2.75) is 50.6 Å². The molecule has 0 aromatic heterocycles. The maximum Gasteiger partial charge on any atom is 0.411 e. The fourth-order valence-electron chi connectivity index (χ4n) is 1.93. The number of carbonyl (C=O) groups excluding carboxylic acids is 1. The van der Waals surface area contributed by atoms with Crippen LogP contribution in [0.25, 0.3) is 0 Å². The molecule has 1 amide bonds. The first-order chi connectivity index (χ1) is 11.4. The first-order valence-electron chi connectivity index (χ1n) is 7.66. The minimum atomic E-state index is -4.36. The van der Waals surface area contributed by atoms with Crippen molar-refractivity contribution in [3.8, 4) is 0 Å². The zero-order chi connectivity index (χ0) is 19.3. The molecule has 142 valence electrons. The second kappa shape index (κ2) is 8.66. The lowest BCUT2D eigenvalue weighted by Crippen LogP contribution is -2.40. The van der Waals surface area contributed by atoms with Crippen LogP contribution in [-0.2, 0) is 32.5 Å². The summed E-state index contributed by atoms with van der Waals surface area (Å²) in [6.07, 6.45) is -4.36. The van der Waals surface area contributed by atoms with Crippen molar-refractivity contribution in [3.05, 3.63) is 35.4 Å². The summed E-state index contributed by atoms with van der Waals surface area (Å²) in [6, 6.07) is 6.45. The van der Waals surface area contributed by atoms with Gasteiger partial charge in [-0.15, -0.1) is 0 Å². The third-order valence-corrected chi connectivity index (χ3v) is 6.06. The predicted molar refractivity (Wildman–Crippen MR) is 87.5 cm³/mol. The Balaban J connectivity index is 2.52. The van der Waals surface area contributed by atoms with E-state index in [9.17, 15) is 26.4 Å². The molecule has 1 unspecified atom stereocenters. The van der Waals surface area contributed by atoms with Crippen LogP contribution < -0.4 is 5.32 Å². The molecule has 0 saturated heterocycles. The number of sulfone groups is 1. The van der Waals surface area contributed by atoms with Crippen molar-refractivity contribution < 1.29 is 31.1 Å². The molecule has 0 aliphatic rings. The van der Waals surface area contributed by atoms with Crippen LogP contribution in [0.1, 0.15) is 31.9 Å². The van der Waals surface area contributed by atoms with Crippen molar-refractivity contribution >= 4 is 15.7 Å². The molecule has 0 heterocycles. The number of nitrogens with one attached hydrogen (secondary N) is 1. The van der Waals surface area contributed by atoms with Gasteiger partial charge in [0, 0.05) is 6.54 Å². The Hall–Kier alpha value is -1.61. The van der Waals surface area contributed by atoms with Gasteiger partial charge in [0.2, 0.25) is 5.91 Å². The maximum atomic E-state index is 12.0. The zero-order valence-electron chi connectivity index (χ0n) is 14.3. The lowest BCUT2D eigenvalue weighted by atomic mass is 10.1. The summed E-state index contributed by atoms with van der Waals surface area (Å²) < 4.78 is 64.4. The summed E-state index contributed by atoms with van der Waals surface area (Å²) in [5, 5.41) is 0.745. The van der Waals surface area contributed by atoms with E-state index in [0.29, 0.717) is 11.1 Å². The molecule has 0 radical (unpaired) electrons. The van der Waals surface area contributed by atoms with E-state index in [-0.39, 0.29) is 13.2 Å². The molecule has 0 spiro atoms. The maximum absolute atomic E-state index is 12.0. The lowest BCUT2D eigenvalue weighted by Gasteiger charge is -2.15. The van der Waals surface area contributed by atoms with E-state index in [0.717, 1.165) is 0 Å². The number of benzene rings is 1. The van der Waals surface area contributed by atoms with Crippen LogP contribution in [0.5, 0.6) is 0 Å². The standard InChI is InChI=1S/C16H22F3NO4S/c1-11(2)25(22,23)12(3)15(21)20-8-13-4-6-14(7-5-13)9-24-10-16(17,18)19/h4-7,11-12H,8-10H2,1-3H3,(H,20,21). The monoisotopic (exact) mass is 381 g/mol. The number of carbonyl (C=O) groups is 1. The second-order valence-electron chi connectivity index (χ2n) is 5.92. The molecule has 0 aliphatic carbocycles. The Morgan fingerprint density at radius 1 is 1.12 bits per heavy atom. The van der Waals surface area contributed by atoms with Crippen LogP contribution >= 0.6 is 0 Å². The third kappa shape index (κ3) is 7.03. The first kappa shape index (κ1) is 21.4. The first-order valence-corrected chi connectivity index (χ1v) is 9.27. The number of halogens is 3. The Morgan fingerprint density at radius 2 is 1.64 bits per heavy atom. The molecule has 1 N–H and O–H groups in total. The summed E-state index contributed by atoms with van der Waals surface area (Å²) in [5.74, 6) is -0.591. The van der Waals surface area contributed by atoms with Crippen molar-refractivity contribution in [2.75, 3.05) is 6.61 Å². The summed E-state index contributed by atoms with van der Waals surface area (Å²) >= 11 is 0. The highest BCUT2D eigenvalue weighted by atomic mass is 32.2. The SMILES string of the molecule is CC(C)S(=O)(=O)C(C)C(=O)NCc1ccc(COCC(F)(F)F)cc1. The number of hydrogen-bond acceptors (Lipinski definition) is 4. The zero-order valence-corrected chi connectivity index (χ0v) is 15.1. The minimum Gasteiger partial charge on any atom is -0.367 e. The molecule has 25 heavy (non-hydrogen) atoms. The van der Waals surface area contributed by atoms with Gasteiger partial charge in [0.25, 0.3) is 0 Å². The largest absolute Gasteiger partial charge is 0.411 e. The molecule has 0 aliphatic heterocycles. The van der Waals surface area contributed by atoms with Gasteiger partial charge in [-0.1, -0.05) is 24.3 Å². The molecule has 9 heteroatoms. The fourth-order valence-corrected chi connectivity index (χ4v) is 3.13. The molecular formula is C16H22F3NO4S. The number of ether oxygens (including phenoxy) is 1. The van der Waals surface area contributed by atoms with Crippen molar-refractivity contribution in [3.63, 3.8) is 0 Å². The average Bonchev–Trinajstić information content (AvgIpc) is 2.51. The van der Waals surface area contributed by atoms with Gasteiger partial charge in [-0.05, 0) is 31.9 Å². The Labute approximate surface area is 145 Å². The average molecular weight is 381 g/mol. The van der Waals surface area contributed by atoms with E-state index in [4.69, 9.17) is 0 Å². The molecule has 0 fully saturated rings. The molecule has 5 nitrogen and oxygen atoms in total. The van der Waals surface area contributed by atoms with E-state index in [1.807, 2.05) is 0 Å². The molecule has 1 aromatic rings. The molecule has 1 atom stereocenters. The van der Waals surface area contributed by atoms with Crippen LogP contribution in [0.4, 0.5) is 13.2 Å². The van der Waals surface area contributed by atoms with Gasteiger partial charge >= 0.3 is 6.18 Å². The molecule has 0 saturated carbocycles. The molecular weight excluding hydrogens is 359 g/mol. The number of amides is 1. The van der Waals surface area contributed by atoms with Gasteiger partial charge in [-0.3, -0.25) is 4.79 Å². The highest BCUT2D eigenvalue weighted by molar-refractivity contribution is 7.93. The summed E-state index contributed by atoms with van der Waals surface area (Å²) in [4.78, 5) is 12.0. The molecule has 1 rings (SSSR count). The quantitative estimate of drug-likeness (QED) is 0.751. The number of alkyl halides is 3. The predicted octanol–water partition coefficient (Wildman–Crippen LogP) is 2.59. The van der Waals surface area contributed by atoms with Crippen molar-refractivity contribution in [1.82, 2.24) is 5.32 Å². The highest BCUT2D eigenvalue weighted by Gasteiger charge is 2.30. The van der Waals surface area contributed by atoms with Gasteiger partial charge in [-0.2, -0.15) is 13.2 Å². The Bertz CT molecular complexity index is 670. The van der Waals surface area contributed by atoms with Gasteiger partial charge in [0.05, 0.1) is 11.9 Å². The van der Waals surface area contributed by atoms with Crippen molar-refractivity contribution in [2.24, 2.45) is 0 Å². The lowest BCUT2D eigenvalue weighted by molar-refractivity contribution is -0.176. The van der Waals surface area contributed by atoms with Gasteiger partial charge < -0.3 is 10.1 Å². The Kier molecular flexibility index (Phi) is 7.43. The van der Waals surface area contributed by atoms with Crippen LogP contribution in [0.3, 0.4) is 0 Å². The van der Waals surface area contributed by atoms with Crippen LogP contribution in [0.15, 0.2) is 24.3 Å². The van der Waals surface area contributed by atoms with Gasteiger partial charge in [0.15, 0.2) is 9.84 Å². The van der Waals surface area contributed by atoms with E-state index in [1.165, 1.54) is 20.8 Å². The summed E-state index contributed by atoms with van der Waals surface area (Å²) in [5.41, 5.74) is 1.26. The fraction of sp³-hybridized carbons (Fsp3) is 0.562. The van der Waals surface area contributed by atoms with Crippen LogP contribution in [-0.4, -0.2) is 37.6 Å². The van der Waals surface area contributed by atoms with E-state index >= 15 is 0 Å². The second-order valence-corrected chi connectivity index (χ2v) is 8.75. The van der Waals surface area contributed by atoms with E-state index < -0.39 is 39.0 Å². The van der Waals surface area contributed by atoms with Gasteiger partial charge in [0.1, 0.15) is 11.9 Å². The van der Waals surface area contributed by atoms with Crippen LogP contribution in [0, 0.1) is 0 Å². The van der Waals surface area contributed by atoms with Crippen LogP contribution in [0.2, 0.25) is 0 Å². The number of hydrogen-bond donors (Lipinski definition) is 1.